The maximum absolute atomic E-state index is 11.7. The third-order valence-electron chi connectivity index (χ3n) is 2.55. The van der Waals surface area contributed by atoms with Crippen molar-refractivity contribution in [2.24, 2.45) is 5.92 Å². The molecular weight excluding hydrogens is 214 g/mol. The molecule has 0 radical (unpaired) electrons. The summed E-state index contributed by atoms with van der Waals surface area (Å²) in [6, 6.07) is 1.69. The highest BCUT2D eigenvalue weighted by Gasteiger charge is 2.30. The highest BCUT2D eigenvalue weighted by Crippen LogP contribution is 2.28. The van der Waals surface area contributed by atoms with E-state index < -0.39 is 0 Å². The number of aromatic nitrogens is 1. The molecule has 1 unspecified atom stereocenters. The molecule has 80 valence electrons. The lowest BCUT2D eigenvalue weighted by molar-refractivity contribution is -0.117. The van der Waals surface area contributed by atoms with E-state index in [9.17, 15) is 4.79 Å². The molecule has 1 saturated heterocycles. The molecule has 4 nitrogen and oxygen atoms in total. The molecule has 0 aromatic carbocycles. The topological polar surface area (TPSA) is 59.2 Å². The van der Waals surface area contributed by atoms with Gasteiger partial charge in [0.25, 0.3) is 0 Å². The van der Waals surface area contributed by atoms with Crippen molar-refractivity contribution in [2.75, 3.05) is 23.1 Å². The van der Waals surface area contributed by atoms with Crippen LogP contribution in [0.5, 0.6) is 0 Å². The van der Waals surface area contributed by atoms with Crippen molar-refractivity contribution in [3.63, 3.8) is 0 Å². The van der Waals surface area contributed by atoms with Gasteiger partial charge in [0.2, 0.25) is 5.91 Å². The molecule has 2 N–H and O–H groups in total. The first kappa shape index (κ1) is 10.2. The van der Waals surface area contributed by atoms with Crippen LogP contribution in [0.2, 0.25) is 0 Å². The number of anilines is 2. The number of halogens is 1. The van der Waals surface area contributed by atoms with Gasteiger partial charge in [-0.15, -0.1) is 11.6 Å². The summed E-state index contributed by atoms with van der Waals surface area (Å²) in [5.41, 5.74) is 7.05. The van der Waals surface area contributed by atoms with E-state index in [1.54, 1.807) is 23.4 Å². The first-order valence-corrected chi connectivity index (χ1v) is 5.31. The van der Waals surface area contributed by atoms with Crippen LogP contribution in [0.1, 0.15) is 6.42 Å². The fourth-order valence-corrected chi connectivity index (χ4v) is 1.95. The Kier molecular flexibility index (Phi) is 2.77. The largest absolute Gasteiger partial charge is 0.397 e. The predicted molar refractivity (Wildman–Crippen MR) is 59.8 cm³/mol. The van der Waals surface area contributed by atoms with Crippen LogP contribution in [0.25, 0.3) is 0 Å². The molecule has 2 heterocycles. The molecule has 0 spiro atoms. The first-order valence-electron chi connectivity index (χ1n) is 4.78. The molecule has 1 amide bonds. The molecular formula is C10H12ClN3O. The third kappa shape index (κ3) is 1.90. The van der Waals surface area contributed by atoms with Crippen molar-refractivity contribution < 1.29 is 4.79 Å². The SMILES string of the molecule is Nc1ccncc1N1CC(CCl)CC1=O. The number of hydrogen-bond donors (Lipinski definition) is 1. The number of carbonyl (C=O) groups is 1. The lowest BCUT2D eigenvalue weighted by Crippen LogP contribution is -2.25. The van der Waals surface area contributed by atoms with Crippen LogP contribution in [-0.4, -0.2) is 23.3 Å². The summed E-state index contributed by atoms with van der Waals surface area (Å²) in [4.78, 5) is 17.3. The average Bonchev–Trinajstić information content (AvgIpc) is 2.60. The normalized spacial score (nSPS) is 21.0. The molecule has 1 aromatic rings. The maximum atomic E-state index is 11.7. The quantitative estimate of drug-likeness (QED) is 0.771. The minimum absolute atomic E-state index is 0.0698. The van der Waals surface area contributed by atoms with Crippen LogP contribution >= 0.6 is 11.6 Å². The smallest absolute Gasteiger partial charge is 0.227 e. The predicted octanol–water partition coefficient (Wildman–Crippen LogP) is 1.26. The Bertz CT molecular complexity index is 383. The minimum atomic E-state index is 0.0698. The molecule has 2 rings (SSSR count). The van der Waals surface area contributed by atoms with Crippen LogP contribution in [0, 0.1) is 5.92 Å². The van der Waals surface area contributed by atoms with E-state index in [0.29, 0.717) is 30.2 Å². The molecule has 0 saturated carbocycles. The summed E-state index contributed by atoms with van der Waals surface area (Å²) in [6.45, 7) is 0.637. The summed E-state index contributed by atoms with van der Waals surface area (Å²) >= 11 is 5.74. The summed E-state index contributed by atoms with van der Waals surface area (Å²) < 4.78 is 0. The summed E-state index contributed by atoms with van der Waals surface area (Å²) in [7, 11) is 0. The van der Waals surface area contributed by atoms with Gasteiger partial charge < -0.3 is 10.6 Å². The molecule has 1 fully saturated rings. The van der Waals surface area contributed by atoms with E-state index in [4.69, 9.17) is 17.3 Å². The number of pyridine rings is 1. The zero-order chi connectivity index (χ0) is 10.8. The molecule has 1 aliphatic rings. The van der Waals surface area contributed by atoms with Gasteiger partial charge in [0.1, 0.15) is 0 Å². The Morgan fingerprint density at radius 2 is 2.47 bits per heavy atom. The summed E-state index contributed by atoms with van der Waals surface area (Å²) in [5, 5.41) is 0. The van der Waals surface area contributed by atoms with Crippen LogP contribution < -0.4 is 10.6 Å². The monoisotopic (exact) mass is 225 g/mol. The van der Waals surface area contributed by atoms with Crippen molar-refractivity contribution in [1.29, 1.82) is 0 Å². The van der Waals surface area contributed by atoms with Gasteiger partial charge in [0, 0.05) is 25.0 Å². The van der Waals surface area contributed by atoms with E-state index in [-0.39, 0.29) is 11.8 Å². The fourth-order valence-electron chi connectivity index (χ4n) is 1.74. The van der Waals surface area contributed by atoms with Crippen molar-refractivity contribution >= 4 is 28.9 Å². The lowest BCUT2D eigenvalue weighted by Gasteiger charge is -2.17. The third-order valence-corrected chi connectivity index (χ3v) is 2.98. The number of hydrogen-bond acceptors (Lipinski definition) is 3. The second-order valence-electron chi connectivity index (χ2n) is 3.66. The van der Waals surface area contributed by atoms with Gasteiger partial charge in [0.05, 0.1) is 17.6 Å². The molecule has 1 aliphatic heterocycles. The number of rotatable bonds is 2. The first-order chi connectivity index (χ1) is 7.22. The van der Waals surface area contributed by atoms with E-state index >= 15 is 0 Å². The molecule has 15 heavy (non-hydrogen) atoms. The number of carbonyl (C=O) groups excluding carboxylic acids is 1. The van der Waals surface area contributed by atoms with Gasteiger partial charge in [-0.25, -0.2) is 0 Å². The van der Waals surface area contributed by atoms with E-state index in [0.717, 1.165) is 0 Å². The zero-order valence-electron chi connectivity index (χ0n) is 8.19. The van der Waals surface area contributed by atoms with E-state index in [1.807, 2.05) is 0 Å². The second kappa shape index (κ2) is 4.06. The highest BCUT2D eigenvalue weighted by molar-refractivity contribution is 6.18. The van der Waals surface area contributed by atoms with Crippen molar-refractivity contribution in [1.82, 2.24) is 4.98 Å². The summed E-state index contributed by atoms with van der Waals surface area (Å²) in [5.74, 6) is 0.793. The van der Waals surface area contributed by atoms with Crippen molar-refractivity contribution in [2.45, 2.75) is 6.42 Å². The number of alkyl halides is 1. The van der Waals surface area contributed by atoms with Crippen molar-refractivity contribution in [3.05, 3.63) is 18.5 Å². The highest BCUT2D eigenvalue weighted by atomic mass is 35.5. The van der Waals surface area contributed by atoms with Gasteiger partial charge in [-0.2, -0.15) is 0 Å². The van der Waals surface area contributed by atoms with Gasteiger partial charge >= 0.3 is 0 Å². The molecule has 1 aromatic heterocycles. The Balaban J connectivity index is 2.25. The summed E-state index contributed by atoms with van der Waals surface area (Å²) in [6.07, 6.45) is 3.72. The number of nitrogen functional groups attached to an aromatic ring is 1. The maximum Gasteiger partial charge on any atom is 0.227 e. The van der Waals surface area contributed by atoms with Crippen LogP contribution in [0.4, 0.5) is 11.4 Å². The van der Waals surface area contributed by atoms with Crippen LogP contribution in [-0.2, 0) is 4.79 Å². The Morgan fingerprint density at radius 3 is 3.07 bits per heavy atom. The standard InChI is InChI=1S/C10H12ClN3O/c11-4-7-3-10(15)14(6-7)9-5-13-2-1-8(9)12/h1-2,5,7H,3-4,6H2,(H2,12,13). The van der Waals surface area contributed by atoms with Gasteiger partial charge in [-0.1, -0.05) is 0 Å². The minimum Gasteiger partial charge on any atom is -0.397 e. The van der Waals surface area contributed by atoms with Crippen LogP contribution in [0.3, 0.4) is 0 Å². The fraction of sp³-hybridized carbons (Fsp3) is 0.400. The van der Waals surface area contributed by atoms with Crippen molar-refractivity contribution in [3.8, 4) is 0 Å². The van der Waals surface area contributed by atoms with Crippen LogP contribution in [0.15, 0.2) is 18.5 Å². The van der Waals surface area contributed by atoms with Gasteiger partial charge in [-0.05, 0) is 12.0 Å². The van der Waals surface area contributed by atoms with E-state index in [2.05, 4.69) is 4.98 Å². The Hall–Kier alpha value is -1.29. The Labute approximate surface area is 93.0 Å². The average molecular weight is 226 g/mol. The van der Waals surface area contributed by atoms with Gasteiger partial charge in [-0.3, -0.25) is 9.78 Å². The number of amides is 1. The van der Waals surface area contributed by atoms with E-state index in [1.165, 1.54) is 0 Å². The number of nitrogens with two attached hydrogens (primary N) is 1. The second-order valence-corrected chi connectivity index (χ2v) is 3.97. The molecule has 5 heteroatoms. The molecule has 0 bridgehead atoms. The van der Waals surface area contributed by atoms with Gasteiger partial charge in [0.15, 0.2) is 0 Å². The molecule has 0 aliphatic carbocycles. The number of nitrogens with zero attached hydrogens (tertiary/aromatic N) is 2. The molecule has 1 atom stereocenters. The lowest BCUT2D eigenvalue weighted by atomic mass is 10.1. The zero-order valence-corrected chi connectivity index (χ0v) is 8.94. The Morgan fingerprint density at radius 1 is 1.67 bits per heavy atom.